The minimum Gasteiger partial charge on any atom is -0.347 e. The summed E-state index contributed by atoms with van der Waals surface area (Å²) in [7, 11) is 0. The summed E-state index contributed by atoms with van der Waals surface area (Å²) in [5.41, 5.74) is 0. The van der Waals surface area contributed by atoms with Gasteiger partial charge in [-0.25, -0.2) is 4.98 Å². The number of likely N-dealkylation sites (tertiary alicyclic amines) is 1. The highest BCUT2D eigenvalue weighted by Crippen LogP contribution is 2.22. The smallest absolute Gasteiger partial charge is 0.122 e. The van der Waals surface area contributed by atoms with E-state index in [0.29, 0.717) is 12.1 Å². The monoisotopic (exact) mass is 264 g/mol. The van der Waals surface area contributed by atoms with Gasteiger partial charge in [0.2, 0.25) is 0 Å². The average molecular weight is 264 g/mol. The number of rotatable bonds is 6. The van der Waals surface area contributed by atoms with E-state index < -0.39 is 0 Å². The molecule has 1 aliphatic heterocycles. The maximum Gasteiger partial charge on any atom is 0.122 e. The largest absolute Gasteiger partial charge is 0.347 e. The number of piperidine rings is 1. The third kappa shape index (κ3) is 4.05. The van der Waals surface area contributed by atoms with Crippen LogP contribution in [0, 0.1) is 5.92 Å². The van der Waals surface area contributed by atoms with Crippen molar-refractivity contribution in [2.75, 3.05) is 19.6 Å². The zero-order chi connectivity index (χ0) is 13.7. The molecule has 1 saturated heterocycles. The van der Waals surface area contributed by atoms with Gasteiger partial charge in [-0.1, -0.05) is 6.92 Å². The van der Waals surface area contributed by atoms with Crippen molar-refractivity contribution < 1.29 is 0 Å². The standard InChI is InChI=1S/C15H28N4/c1-4-9-19-10-5-14(6-11-19)12(2)18-13(3)15-16-7-8-17-15/h7-8,12-14,18H,4-6,9-11H2,1-3H3,(H,16,17). The fraction of sp³-hybridized carbons (Fsp3) is 0.800. The SMILES string of the molecule is CCCN1CCC(C(C)NC(C)c2ncc[nH]2)CC1. The number of nitrogens with zero attached hydrogens (tertiary/aromatic N) is 2. The molecule has 0 bridgehead atoms. The lowest BCUT2D eigenvalue weighted by Crippen LogP contribution is -2.43. The van der Waals surface area contributed by atoms with Crippen molar-refractivity contribution in [2.24, 2.45) is 5.92 Å². The average Bonchev–Trinajstić information content (AvgIpc) is 2.94. The number of hydrogen-bond donors (Lipinski definition) is 2. The molecule has 2 N–H and O–H groups in total. The van der Waals surface area contributed by atoms with E-state index in [1.165, 1.54) is 38.9 Å². The van der Waals surface area contributed by atoms with Gasteiger partial charge in [0.15, 0.2) is 0 Å². The molecule has 1 fully saturated rings. The molecule has 2 heterocycles. The van der Waals surface area contributed by atoms with Crippen molar-refractivity contribution in [1.82, 2.24) is 20.2 Å². The summed E-state index contributed by atoms with van der Waals surface area (Å²) in [4.78, 5) is 10.1. The maximum atomic E-state index is 4.32. The van der Waals surface area contributed by atoms with Gasteiger partial charge in [0, 0.05) is 18.4 Å². The van der Waals surface area contributed by atoms with E-state index >= 15 is 0 Å². The first kappa shape index (κ1) is 14.5. The number of nitrogens with one attached hydrogen (secondary N) is 2. The number of hydrogen-bond acceptors (Lipinski definition) is 3. The van der Waals surface area contributed by atoms with E-state index in [4.69, 9.17) is 0 Å². The minimum absolute atomic E-state index is 0.304. The lowest BCUT2D eigenvalue weighted by atomic mass is 9.90. The van der Waals surface area contributed by atoms with Crippen molar-refractivity contribution in [2.45, 2.75) is 52.1 Å². The first-order chi connectivity index (χ1) is 9.20. The van der Waals surface area contributed by atoms with E-state index in [2.05, 4.69) is 41.0 Å². The summed E-state index contributed by atoms with van der Waals surface area (Å²) in [5, 5.41) is 3.69. The van der Waals surface area contributed by atoms with Crippen molar-refractivity contribution >= 4 is 0 Å². The van der Waals surface area contributed by atoms with Crippen LogP contribution in [0.4, 0.5) is 0 Å². The fourth-order valence-corrected chi connectivity index (χ4v) is 3.12. The van der Waals surface area contributed by atoms with Crippen LogP contribution in [0.2, 0.25) is 0 Å². The number of aromatic amines is 1. The Bertz CT molecular complexity index is 341. The third-order valence-electron chi connectivity index (χ3n) is 4.32. The second-order valence-electron chi connectivity index (χ2n) is 5.83. The van der Waals surface area contributed by atoms with Crippen LogP contribution in [0.5, 0.6) is 0 Å². The molecule has 0 radical (unpaired) electrons. The Morgan fingerprint density at radius 1 is 1.42 bits per heavy atom. The summed E-state index contributed by atoms with van der Waals surface area (Å²) in [6, 6.07) is 0.863. The van der Waals surface area contributed by atoms with Crippen LogP contribution in [-0.2, 0) is 0 Å². The van der Waals surface area contributed by atoms with Gasteiger partial charge in [-0.15, -0.1) is 0 Å². The summed E-state index contributed by atoms with van der Waals surface area (Å²) in [5.74, 6) is 1.83. The summed E-state index contributed by atoms with van der Waals surface area (Å²) < 4.78 is 0. The fourth-order valence-electron chi connectivity index (χ4n) is 3.12. The second kappa shape index (κ2) is 7.06. The van der Waals surface area contributed by atoms with Gasteiger partial charge < -0.3 is 15.2 Å². The molecule has 108 valence electrons. The van der Waals surface area contributed by atoms with Gasteiger partial charge in [-0.05, 0) is 58.7 Å². The molecule has 2 atom stereocenters. The van der Waals surface area contributed by atoms with E-state index in [1.54, 1.807) is 0 Å². The van der Waals surface area contributed by atoms with Crippen LogP contribution in [0.1, 0.15) is 51.9 Å². The molecule has 1 aromatic rings. The summed E-state index contributed by atoms with van der Waals surface area (Å²) >= 11 is 0. The molecule has 0 saturated carbocycles. The van der Waals surface area contributed by atoms with Crippen molar-refractivity contribution in [1.29, 1.82) is 0 Å². The molecule has 2 unspecified atom stereocenters. The Balaban J connectivity index is 1.76. The van der Waals surface area contributed by atoms with Gasteiger partial charge >= 0.3 is 0 Å². The first-order valence-electron chi connectivity index (χ1n) is 7.68. The van der Waals surface area contributed by atoms with Crippen LogP contribution < -0.4 is 5.32 Å². The van der Waals surface area contributed by atoms with Gasteiger partial charge in [0.25, 0.3) is 0 Å². The van der Waals surface area contributed by atoms with Gasteiger partial charge in [0.05, 0.1) is 6.04 Å². The molecule has 2 rings (SSSR count). The normalized spacial score (nSPS) is 21.4. The maximum absolute atomic E-state index is 4.32. The lowest BCUT2D eigenvalue weighted by Gasteiger charge is -2.35. The summed E-state index contributed by atoms with van der Waals surface area (Å²) in [6.07, 6.45) is 7.62. The van der Waals surface area contributed by atoms with E-state index in [0.717, 1.165) is 11.7 Å². The number of aromatic nitrogens is 2. The molecule has 0 spiro atoms. The molecule has 0 aliphatic carbocycles. The molecule has 0 amide bonds. The Labute approximate surface area is 117 Å². The second-order valence-corrected chi connectivity index (χ2v) is 5.83. The highest BCUT2D eigenvalue weighted by atomic mass is 15.1. The van der Waals surface area contributed by atoms with Crippen LogP contribution in [0.25, 0.3) is 0 Å². The Morgan fingerprint density at radius 3 is 2.74 bits per heavy atom. The number of H-pyrrole nitrogens is 1. The minimum atomic E-state index is 0.304. The highest BCUT2D eigenvalue weighted by molar-refractivity contribution is 4.95. The molecular formula is C15H28N4. The van der Waals surface area contributed by atoms with E-state index in [-0.39, 0.29) is 0 Å². The third-order valence-corrected chi connectivity index (χ3v) is 4.32. The topological polar surface area (TPSA) is 44.0 Å². The van der Waals surface area contributed by atoms with E-state index in [9.17, 15) is 0 Å². The molecule has 1 aliphatic rings. The first-order valence-corrected chi connectivity index (χ1v) is 7.68. The quantitative estimate of drug-likeness (QED) is 0.830. The molecule has 1 aromatic heterocycles. The zero-order valence-electron chi connectivity index (χ0n) is 12.5. The van der Waals surface area contributed by atoms with E-state index in [1.807, 2.05) is 12.4 Å². The van der Waals surface area contributed by atoms with Crippen LogP contribution >= 0.6 is 0 Å². The zero-order valence-corrected chi connectivity index (χ0v) is 12.5. The van der Waals surface area contributed by atoms with Gasteiger partial charge in [-0.2, -0.15) is 0 Å². The lowest BCUT2D eigenvalue weighted by molar-refractivity contribution is 0.159. The van der Waals surface area contributed by atoms with Crippen molar-refractivity contribution in [3.8, 4) is 0 Å². The van der Waals surface area contributed by atoms with Gasteiger partial charge in [0.1, 0.15) is 5.82 Å². The van der Waals surface area contributed by atoms with Crippen molar-refractivity contribution in [3.05, 3.63) is 18.2 Å². The van der Waals surface area contributed by atoms with Gasteiger partial charge in [-0.3, -0.25) is 0 Å². The van der Waals surface area contributed by atoms with Crippen molar-refractivity contribution in [3.63, 3.8) is 0 Å². The summed E-state index contributed by atoms with van der Waals surface area (Å²) in [6.45, 7) is 10.6. The molecule has 4 nitrogen and oxygen atoms in total. The van der Waals surface area contributed by atoms with Crippen LogP contribution in [0.3, 0.4) is 0 Å². The molecule has 19 heavy (non-hydrogen) atoms. The Hall–Kier alpha value is -0.870. The molecular weight excluding hydrogens is 236 g/mol. The highest BCUT2D eigenvalue weighted by Gasteiger charge is 2.24. The Morgan fingerprint density at radius 2 is 2.16 bits per heavy atom. The van der Waals surface area contributed by atoms with Crippen LogP contribution in [-0.4, -0.2) is 40.5 Å². The Kier molecular flexibility index (Phi) is 5.40. The predicted molar refractivity (Wildman–Crippen MR) is 79.1 cm³/mol. The number of imidazole rings is 1. The molecule has 4 heteroatoms. The molecule has 0 aromatic carbocycles. The predicted octanol–water partition coefficient (Wildman–Crippen LogP) is 2.57. The van der Waals surface area contributed by atoms with Crippen LogP contribution in [0.15, 0.2) is 12.4 Å².